The van der Waals surface area contributed by atoms with E-state index in [1.54, 1.807) is 0 Å². The lowest BCUT2D eigenvalue weighted by Gasteiger charge is -2.35. The Hall–Kier alpha value is -5.14. The van der Waals surface area contributed by atoms with Crippen molar-refractivity contribution in [2.45, 2.75) is 201 Å². The van der Waals surface area contributed by atoms with Crippen LogP contribution in [0.1, 0.15) is 158 Å². The van der Waals surface area contributed by atoms with Crippen molar-refractivity contribution in [3.8, 4) is 6.07 Å². The molecule has 1 aliphatic rings. The molecule has 2 rings (SSSR count). The van der Waals surface area contributed by atoms with Crippen LogP contribution < -0.4 is 16.0 Å². The molecule has 1 aromatic heterocycles. The van der Waals surface area contributed by atoms with E-state index >= 15 is 0 Å². The first kappa shape index (κ1) is 59.0. The predicted molar refractivity (Wildman–Crippen MR) is 259 cm³/mol. The van der Waals surface area contributed by atoms with Crippen molar-refractivity contribution in [1.29, 1.82) is 5.26 Å². The summed E-state index contributed by atoms with van der Waals surface area (Å²) in [5.41, 5.74) is 0.282. The van der Waals surface area contributed by atoms with Gasteiger partial charge >= 0.3 is 5.97 Å². The Kier molecular flexibility index (Phi) is 25.7. The number of carbonyl (C=O) groups excluding carboxylic acids is 7. The van der Waals surface area contributed by atoms with E-state index in [0.29, 0.717) is 12.3 Å². The van der Waals surface area contributed by atoms with Crippen LogP contribution in [0.15, 0.2) is 18.3 Å². The lowest BCUT2D eigenvalue weighted by Crippen LogP contribution is -2.60. The van der Waals surface area contributed by atoms with E-state index in [1.807, 2.05) is 47.6 Å². The standard InChI is InChI=1S/C51H83FN8O8/c1-13-15-19-34(7)21-17-22-39-48(64)59(11)42(28-33(5)6)45(61)56-40(27-32(3)4)50(66)60(12)43(30-38-25-24-37(52)31-54-38)46(62)57-41(29-35(8)20-16-14-2)49(65)58(10)36(9)51(67)68-44(23-18-26-53)47(63)55-39/h24-25,31-36,39-44H,13-23,27-30H2,1-12H3,(H,55,63)(H,56,61)(H,57,62)/t34-,35-,36+,39+,40+,41+,42+,43+,44-/m1/s1. The number of carbonyl (C=O) groups is 7. The minimum Gasteiger partial charge on any atom is -0.451 e. The van der Waals surface area contributed by atoms with Gasteiger partial charge in [-0.05, 0) is 68.4 Å². The van der Waals surface area contributed by atoms with Gasteiger partial charge in [0.25, 0.3) is 5.91 Å². The number of nitrogens with zero attached hydrogens (tertiary/aromatic N) is 5. The summed E-state index contributed by atoms with van der Waals surface area (Å²) in [6, 6.07) is -2.62. The Morgan fingerprint density at radius 1 is 0.676 bits per heavy atom. The number of nitrogens with one attached hydrogen (secondary N) is 3. The molecule has 0 saturated carbocycles. The molecule has 0 spiro atoms. The molecule has 382 valence electrons. The number of rotatable bonds is 20. The highest BCUT2D eigenvalue weighted by atomic mass is 19.1. The Balaban J connectivity index is 2.89. The van der Waals surface area contributed by atoms with Crippen molar-refractivity contribution in [3.05, 3.63) is 29.8 Å². The fraction of sp³-hybridized carbons (Fsp3) is 0.745. The summed E-state index contributed by atoms with van der Waals surface area (Å²) in [5, 5.41) is 18.2. The largest absolute Gasteiger partial charge is 0.451 e. The molecule has 0 radical (unpaired) electrons. The fourth-order valence-electron chi connectivity index (χ4n) is 8.50. The molecular formula is C51H83FN8O8. The molecule has 1 aliphatic heterocycles. The van der Waals surface area contributed by atoms with Crippen molar-refractivity contribution in [1.82, 2.24) is 35.6 Å². The third-order valence-corrected chi connectivity index (χ3v) is 12.9. The summed E-state index contributed by atoms with van der Waals surface area (Å²) in [5.74, 6) is -5.45. The van der Waals surface area contributed by atoms with Gasteiger partial charge in [0.1, 0.15) is 42.1 Å². The number of esters is 1. The summed E-state index contributed by atoms with van der Waals surface area (Å²) in [7, 11) is 4.30. The summed E-state index contributed by atoms with van der Waals surface area (Å²) >= 11 is 0. The van der Waals surface area contributed by atoms with E-state index in [2.05, 4.69) is 34.8 Å². The number of nitriles is 1. The number of ether oxygens (including phenoxy) is 1. The second-order valence-corrected chi connectivity index (χ2v) is 20.0. The van der Waals surface area contributed by atoms with Gasteiger partial charge in [-0.3, -0.25) is 33.8 Å². The molecular weight excluding hydrogens is 872 g/mol. The lowest BCUT2D eigenvalue weighted by molar-refractivity contribution is -0.163. The topological polar surface area (TPSA) is 211 Å². The smallest absolute Gasteiger partial charge is 0.329 e. The van der Waals surface area contributed by atoms with E-state index in [0.717, 1.165) is 56.0 Å². The zero-order valence-corrected chi connectivity index (χ0v) is 43.1. The Labute approximate surface area is 405 Å². The van der Waals surface area contributed by atoms with Crippen LogP contribution >= 0.6 is 0 Å². The van der Waals surface area contributed by atoms with E-state index in [9.17, 15) is 43.2 Å². The maximum absolute atomic E-state index is 14.8. The van der Waals surface area contributed by atoms with Gasteiger partial charge in [0.15, 0.2) is 6.10 Å². The molecule has 0 unspecified atom stereocenters. The normalized spacial score (nSPS) is 24.2. The predicted octanol–water partition coefficient (Wildman–Crippen LogP) is 6.25. The van der Waals surface area contributed by atoms with Crippen LogP contribution in [0.3, 0.4) is 0 Å². The van der Waals surface area contributed by atoms with Crippen LogP contribution in [0, 0.1) is 40.8 Å². The van der Waals surface area contributed by atoms with Crippen LogP contribution in [0.2, 0.25) is 0 Å². The van der Waals surface area contributed by atoms with E-state index in [-0.39, 0.29) is 68.4 Å². The molecule has 16 nitrogen and oxygen atoms in total. The van der Waals surface area contributed by atoms with Gasteiger partial charge in [0, 0.05) is 46.1 Å². The first-order chi connectivity index (χ1) is 32.1. The number of amides is 6. The Morgan fingerprint density at radius 2 is 1.19 bits per heavy atom. The van der Waals surface area contributed by atoms with Crippen LogP contribution in [-0.4, -0.2) is 125 Å². The third kappa shape index (κ3) is 19.1. The number of pyridine rings is 1. The SMILES string of the molecule is CCCC[C@@H](C)CCC[C@@H]1NC(=O)[C@@H](CCC#N)OC(=O)[C@H](C)N(C)C(=O)[C@H](C[C@H](C)CCCC)NC(=O)[C@H](Cc2ccc(F)cn2)N(C)C(=O)[C@H](CC(C)C)NC(=O)[C@H](CC(C)C)N(C)C1=O. The number of aromatic nitrogens is 1. The molecule has 0 bridgehead atoms. The number of cyclic esters (lactones) is 1. The minimum absolute atomic E-state index is 0.0669. The average molecular weight is 955 g/mol. The second kappa shape index (κ2) is 29.7. The van der Waals surface area contributed by atoms with Gasteiger partial charge in [0.05, 0.1) is 12.3 Å². The molecule has 6 amide bonds. The molecule has 68 heavy (non-hydrogen) atoms. The van der Waals surface area contributed by atoms with Gasteiger partial charge in [-0.1, -0.05) is 107 Å². The van der Waals surface area contributed by atoms with Gasteiger partial charge in [-0.25, -0.2) is 9.18 Å². The quantitative estimate of drug-likeness (QED) is 0.125. The highest BCUT2D eigenvalue weighted by molar-refractivity contribution is 5.97. The highest BCUT2D eigenvalue weighted by Crippen LogP contribution is 2.22. The molecule has 0 aliphatic carbocycles. The van der Waals surface area contributed by atoms with Gasteiger partial charge in [-0.2, -0.15) is 5.26 Å². The van der Waals surface area contributed by atoms with Crippen molar-refractivity contribution in [2.75, 3.05) is 21.1 Å². The van der Waals surface area contributed by atoms with Gasteiger partial charge in [0.2, 0.25) is 29.5 Å². The molecule has 1 saturated heterocycles. The number of likely N-dealkylation sites (N-methyl/N-ethyl adjacent to an activating group) is 3. The van der Waals surface area contributed by atoms with E-state index in [4.69, 9.17) is 4.74 Å². The van der Waals surface area contributed by atoms with Gasteiger partial charge in [-0.15, -0.1) is 0 Å². The first-order valence-corrected chi connectivity index (χ1v) is 24.9. The minimum atomic E-state index is -1.51. The molecule has 1 fully saturated rings. The first-order valence-electron chi connectivity index (χ1n) is 24.9. The number of halogens is 1. The molecule has 3 N–H and O–H groups in total. The summed E-state index contributed by atoms with van der Waals surface area (Å²) in [6.07, 6.45) is 6.59. The van der Waals surface area contributed by atoms with Crippen molar-refractivity contribution in [3.63, 3.8) is 0 Å². The monoisotopic (exact) mass is 955 g/mol. The highest BCUT2D eigenvalue weighted by Gasteiger charge is 2.40. The van der Waals surface area contributed by atoms with Crippen LogP contribution in [0.5, 0.6) is 0 Å². The second-order valence-electron chi connectivity index (χ2n) is 20.0. The van der Waals surface area contributed by atoms with Crippen LogP contribution in [0.4, 0.5) is 4.39 Å². The zero-order valence-electron chi connectivity index (χ0n) is 43.1. The Morgan fingerprint density at radius 3 is 1.75 bits per heavy atom. The molecule has 2 heterocycles. The number of unbranched alkanes of at least 4 members (excludes halogenated alkanes) is 2. The number of hydrogen-bond acceptors (Lipinski definition) is 10. The summed E-state index contributed by atoms with van der Waals surface area (Å²) in [6.45, 7) is 17.2. The third-order valence-electron chi connectivity index (χ3n) is 12.9. The summed E-state index contributed by atoms with van der Waals surface area (Å²) < 4.78 is 19.9. The zero-order chi connectivity index (χ0) is 51.2. The Bertz CT molecular complexity index is 1840. The van der Waals surface area contributed by atoms with Gasteiger partial charge < -0.3 is 35.4 Å². The van der Waals surface area contributed by atoms with Crippen LogP contribution in [-0.2, 0) is 44.7 Å². The van der Waals surface area contributed by atoms with Crippen LogP contribution in [0.25, 0.3) is 0 Å². The van der Waals surface area contributed by atoms with E-state index < -0.39 is 89.6 Å². The average Bonchev–Trinajstić information content (AvgIpc) is 3.29. The fourth-order valence-corrected chi connectivity index (χ4v) is 8.50. The maximum Gasteiger partial charge on any atom is 0.329 e. The molecule has 9 atom stereocenters. The summed E-state index contributed by atoms with van der Waals surface area (Å²) in [4.78, 5) is 109. The molecule has 0 aromatic carbocycles. The number of hydrogen-bond donors (Lipinski definition) is 3. The molecule has 17 heteroatoms. The van der Waals surface area contributed by atoms with Crippen molar-refractivity contribution >= 4 is 41.4 Å². The maximum atomic E-state index is 14.8. The van der Waals surface area contributed by atoms with Crippen molar-refractivity contribution < 1.29 is 42.7 Å². The molecule has 1 aromatic rings. The van der Waals surface area contributed by atoms with Crippen molar-refractivity contribution in [2.24, 2.45) is 23.7 Å². The van der Waals surface area contributed by atoms with E-state index in [1.165, 1.54) is 50.0 Å². The lowest BCUT2D eigenvalue weighted by atomic mass is 9.94.